The first kappa shape index (κ1) is 9.71. The average molecular weight is 215 g/mol. The van der Waals surface area contributed by atoms with Crippen molar-refractivity contribution in [2.45, 2.75) is 12.0 Å². The second kappa shape index (κ2) is 3.38. The van der Waals surface area contributed by atoms with Gasteiger partial charge in [-0.25, -0.2) is 4.98 Å². The van der Waals surface area contributed by atoms with E-state index in [-0.39, 0.29) is 6.61 Å². The van der Waals surface area contributed by atoms with Crippen LogP contribution >= 0.6 is 11.6 Å². The van der Waals surface area contributed by atoms with Crippen molar-refractivity contribution in [2.24, 2.45) is 0 Å². The highest BCUT2D eigenvalue weighted by Crippen LogP contribution is 2.34. The molecule has 0 spiro atoms. The van der Waals surface area contributed by atoms with Crippen LogP contribution in [-0.2, 0) is 10.3 Å². The van der Waals surface area contributed by atoms with E-state index < -0.39 is 5.60 Å². The van der Waals surface area contributed by atoms with Crippen LogP contribution in [0, 0.1) is 0 Å². The van der Waals surface area contributed by atoms with Crippen molar-refractivity contribution in [3.63, 3.8) is 0 Å². The van der Waals surface area contributed by atoms with Gasteiger partial charge in [0.2, 0.25) is 0 Å². The molecule has 1 fully saturated rings. The van der Waals surface area contributed by atoms with Crippen LogP contribution in [0.15, 0.2) is 12.3 Å². The Labute approximate surface area is 86.7 Å². The number of anilines is 1. The van der Waals surface area contributed by atoms with Crippen LogP contribution in [0.25, 0.3) is 0 Å². The minimum Gasteiger partial charge on any atom is -0.383 e. The SMILES string of the molecule is Nc1ncc(Cl)cc1C1(O)CCOC1. The number of halogens is 1. The van der Waals surface area contributed by atoms with Gasteiger partial charge >= 0.3 is 0 Å². The molecule has 14 heavy (non-hydrogen) atoms. The monoisotopic (exact) mass is 214 g/mol. The summed E-state index contributed by atoms with van der Waals surface area (Å²) in [7, 11) is 0. The molecule has 1 saturated heterocycles. The molecular formula is C9H11ClN2O2. The highest BCUT2D eigenvalue weighted by molar-refractivity contribution is 6.30. The van der Waals surface area contributed by atoms with Gasteiger partial charge in [0.15, 0.2) is 0 Å². The number of aromatic nitrogens is 1. The van der Waals surface area contributed by atoms with E-state index in [0.717, 1.165) is 0 Å². The number of aliphatic hydroxyl groups is 1. The van der Waals surface area contributed by atoms with Crippen molar-refractivity contribution in [3.8, 4) is 0 Å². The van der Waals surface area contributed by atoms with Gasteiger partial charge in [0.1, 0.15) is 11.4 Å². The standard InChI is InChI=1S/C9H11ClN2O2/c10-6-3-7(8(11)12-4-6)9(13)1-2-14-5-9/h3-4,13H,1-2,5H2,(H2,11,12). The molecule has 4 nitrogen and oxygen atoms in total. The van der Waals surface area contributed by atoms with Crippen LogP contribution in [0.1, 0.15) is 12.0 Å². The molecule has 0 bridgehead atoms. The van der Waals surface area contributed by atoms with E-state index >= 15 is 0 Å². The lowest BCUT2D eigenvalue weighted by atomic mass is 9.94. The first-order valence-electron chi connectivity index (χ1n) is 4.33. The second-order valence-corrected chi connectivity index (χ2v) is 3.86. The zero-order valence-corrected chi connectivity index (χ0v) is 8.29. The summed E-state index contributed by atoms with van der Waals surface area (Å²) in [5.74, 6) is 0.308. The van der Waals surface area contributed by atoms with Gasteiger partial charge in [-0.2, -0.15) is 0 Å². The maximum atomic E-state index is 10.2. The van der Waals surface area contributed by atoms with Gasteiger partial charge in [-0.05, 0) is 6.07 Å². The van der Waals surface area contributed by atoms with Crippen molar-refractivity contribution in [3.05, 3.63) is 22.8 Å². The second-order valence-electron chi connectivity index (χ2n) is 3.42. The molecule has 1 unspecified atom stereocenters. The first-order valence-corrected chi connectivity index (χ1v) is 4.71. The lowest BCUT2D eigenvalue weighted by Crippen LogP contribution is -2.27. The van der Waals surface area contributed by atoms with Crippen LogP contribution in [0.3, 0.4) is 0 Å². The van der Waals surface area contributed by atoms with E-state index in [1.165, 1.54) is 6.20 Å². The molecule has 1 aromatic rings. The van der Waals surface area contributed by atoms with Crippen LogP contribution < -0.4 is 5.73 Å². The third-order valence-electron chi connectivity index (χ3n) is 2.39. The molecule has 1 aliphatic rings. The first-order chi connectivity index (χ1) is 6.62. The van der Waals surface area contributed by atoms with Crippen molar-refractivity contribution in [1.82, 2.24) is 4.98 Å². The van der Waals surface area contributed by atoms with E-state index in [0.29, 0.717) is 29.4 Å². The zero-order chi connectivity index (χ0) is 10.2. The Bertz CT molecular complexity index is 351. The van der Waals surface area contributed by atoms with Gasteiger partial charge in [-0.1, -0.05) is 11.6 Å². The quantitative estimate of drug-likeness (QED) is 0.730. The van der Waals surface area contributed by atoms with Gasteiger partial charge in [0.25, 0.3) is 0 Å². The Hall–Kier alpha value is -0.840. The molecule has 1 aromatic heterocycles. The van der Waals surface area contributed by atoms with Gasteiger partial charge < -0.3 is 15.6 Å². The lowest BCUT2D eigenvalue weighted by Gasteiger charge is -2.21. The normalized spacial score (nSPS) is 26.7. The van der Waals surface area contributed by atoms with E-state index in [1.54, 1.807) is 6.07 Å². The molecule has 1 atom stereocenters. The van der Waals surface area contributed by atoms with Crippen molar-refractivity contribution < 1.29 is 9.84 Å². The Morgan fingerprint density at radius 3 is 3.07 bits per heavy atom. The number of hydrogen-bond donors (Lipinski definition) is 2. The smallest absolute Gasteiger partial charge is 0.129 e. The minimum atomic E-state index is -1.03. The summed E-state index contributed by atoms with van der Waals surface area (Å²) in [4.78, 5) is 3.90. The fourth-order valence-electron chi connectivity index (χ4n) is 1.59. The molecule has 0 radical (unpaired) electrons. The average Bonchev–Trinajstić information content (AvgIpc) is 2.58. The van der Waals surface area contributed by atoms with Crippen LogP contribution in [-0.4, -0.2) is 23.3 Å². The molecule has 0 aliphatic carbocycles. The van der Waals surface area contributed by atoms with Crippen molar-refractivity contribution >= 4 is 17.4 Å². The summed E-state index contributed by atoms with van der Waals surface area (Å²) in [5.41, 5.74) is 5.20. The molecule has 3 N–H and O–H groups in total. The Balaban J connectivity index is 2.44. The number of pyridine rings is 1. The Kier molecular flexibility index (Phi) is 2.34. The van der Waals surface area contributed by atoms with Crippen LogP contribution in [0.5, 0.6) is 0 Å². The topological polar surface area (TPSA) is 68.4 Å². The van der Waals surface area contributed by atoms with Crippen molar-refractivity contribution in [1.29, 1.82) is 0 Å². The number of hydrogen-bond acceptors (Lipinski definition) is 4. The number of nitrogens with zero attached hydrogens (tertiary/aromatic N) is 1. The molecule has 5 heteroatoms. The predicted octanol–water partition coefficient (Wildman–Crippen LogP) is 0.925. The Morgan fingerprint density at radius 1 is 1.64 bits per heavy atom. The summed E-state index contributed by atoms with van der Waals surface area (Å²) in [6.07, 6.45) is 1.98. The minimum absolute atomic E-state index is 0.249. The molecule has 2 heterocycles. The number of ether oxygens (including phenoxy) is 1. The molecular weight excluding hydrogens is 204 g/mol. The maximum absolute atomic E-state index is 10.2. The lowest BCUT2D eigenvalue weighted by molar-refractivity contribution is 0.0236. The van der Waals surface area contributed by atoms with Gasteiger partial charge in [-0.3, -0.25) is 0 Å². The van der Waals surface area contributed by atoms with E-state index in [9.17, 15) is 5.11 Å². The summed E-state index contributed by atoms with van der Waals surface area (Å²) < 4.78 is 5.13. The highest BCUT2D eigenvalue weighted by Gasteiger charge is 2.36. The van der Waals surface area contributed by atoms with Gasteiger partial charge in [0.05, 0.1) is 11.6 Å². The summed E-state index contributed by atoms with van der Waals surface area (Å²) >= 11 is 5.79. The molecule has 0 saturated carbocycles. The molecule has 76 valence electrons. The molecule has 0 amide bonds. The fraction of sp³-hybridized carbons (Fsp3) is 0.444. The summed E-state index contributed by atoms with van der Waals surface area (Å²) in [6, 6.07) is 1.64. The van der Waals surface area contributed by atoms with Gasteiger partial charge in [-0.15, -0.1) is 0 Å². The molecule has 2 rings (SSSR count). The highest BCUT2D eigenvalue weighted by atomic mass is 35.5. The molecule has 0 aromatic carbocycles. The third kappa shape index (κ3) is 1.56. The molecule has 1 aliphatic heterocycles. The Morgan fingerprint density at radius 2 is 2.43 bits per heavy atom. The number of nitrogens with two attached hydrogens (primary N) is 1. The number of nitrogen functional groups attached to an aromatic ring is 1. The summed E-state index contributed by atoms with van der Waals surface area (Å²) in [6.45, 7) is 0.779. The van der Waals surface area contributed by atoms with Crippen LogP contribution in [0.4, 0.5) is 5.82 Å². The van der Waals surface area contributed by atoms with Crippen LogP contribution in [0.2, 0.25) is 5.02 Å². The maximum Gasteiger partial charge on any atom is 0.129 e. The van der Waals surface area contributed by atoms with E-state index in [4.69, 9.17) is 22.1 Å². The zero-order valence-electron chi connectivity index (χ0n) is 7.53. The summed E-state index contributed by atoms with van der Waals surface area (Å²) in [5, 5.41) is 10.6. The van der Waals surface area contributed by atoms with E-state index in [2.05, 4.69) is 4.98 Å². The van der Waals surface area contributed by atoms with Crippen molar-refractivity contribution in [2.75, 3.05) is 18.9 Å². The van der Waals surface area contributed by atoms with Gasteiger partial charge in [0, 0.05) is 24.8 Å². The van der Waals surface area contributed by atoms with E-state index in [1.807, 2.05) is 0 Å². The largest absolute Gasteiger partial charge is 0.383 e. The fourth-order valence-corrected chi connectivity index (χ4v) is 1.75. The predicted molar refractivity (Wildman–Crippen MR) is 53.0 cm³/mol. The number of rotatable bonds is 1. The third-order valence-corrected chi connectivity index (χ3v) is 2.59.